The standard InChI is InChI=1S/C19H12F3N5O/c20-19(21,22)13-4-6-14(7-5-13)26-18-24-9-8-16(27-18)17(28)25-15-3-1-2-12(10-15)11-23/h1-10H,(H,25,28)(H,24,26,27). The van der Waals surface area contributed by atoms with Crippen LogP contribution in [0.1, 0.15) is 21.6 Å². The van der Waals surface area contributed by atoms with Gasteiger partial charge in [-0.2, -0.15) is 18.4 Å². The smallest absolute Gasteiger partial charge is 0.324 e. The van der Waals surface area contributed by atoms with Crippen LogP contribution in [0.4, 0.5) is 30.5 Å². The van der Waals surface area contributed by atoms with Crippen LogP contribution in [-0.2, 0) is 6.18 Å². The third-order valence-corrected chi connectivity index (χ3v) is 3.61. The quantitative estimate of drug-likeness (QED) is 0.698. The van der Waals surface area contributed by atoms with Crippen LogP contribution in [0.2, 0.25) is 0 Å². The molecule has 0 bridgehead atoms. The van der Waals surface area contributed by atoms with Crippen LogP contribution in [0.3, 0.4) is 0 Å². The van der Waals surface area contributed by atoms with E-state index in [1.807, 2.05) is 6.07 Å². The van der Waals surface area contributed by atoms with E-state index in [2.05, 4.69) is 20.6 Å². The Balaban J connectivity index is 1.73. The highest BCUT2D eigenvalue weighted by Gasteiger charge is 2.29. The zero-order valence-electron chi connectivity index (χ0n) is 14.2. The molecule has 6 nitrogen and oxygen atoms in total. The fraction of sp³-hybridized carbons (Fsp3) is 0.0526. The van der Waals surface area contributed by atoms with E-state index in [0.717, 1.165) is 12.1 Å². The average Bonchev–Trinajstić information content (AvgIpc) is 2.68. The molecule has 0 spiro atoms. The Kier molecular flexibility index (Phi) is 5.22. The number of hydrogen-bond acceptors (Lipinski definition) is 5. The molecule has 3 rings (SSSR count). The van der Waals surface area contributed by atoms with Crippen molar-refractivity contribution in [3.63, 3.8) is 0 Å². The van der Waals surface area contributed by atoms with E-state index in [9.17, 15) is 18.0 Å². The number of rotatable bonds is 4. The number of hydrogen-bond donors (Lipinski definition) is 2. The van der Waals surface area contributed by atoms with Gasteiger partial charge in [-0.15, -0.1) is 0 Å². The van der Waals surface area contributed by atoms with Crippen LogP contribution >= 0.6 is 0 Å². The number of nitrogens with one attached hydrogen (secondary N) is 2. The van der Waals surface area contributed by atoms with Crippen molar-refractivity contribution >= 4 is 23.2 Å². The zero-order valence-corrected chi connectivity index (χ0v) is 14.2. The first kappa shape index (κ1) is 18.8. The highest BCUT2D eigenvalue weighted by molar-refractivity contribution is 6.03. The summed E-state index contributed by atoms with van der Waals surface area (Å²) in [7, 11) is 0. The third-order valence-electron chi connectivity index (χ3n) is 3.61. The lowest BCUT2D eigenvalue weighted by molar-refractivity contribution is -0.137. The van der Waals surface area contributed by atoms with Crippen molar-refractivity contribution in [3.8, 4) is 6.07 Å². The number of alkyl halides is 3. The molecular formula is C19H12F3N5O. The van der Waals surface area contributed by atoms with Crippen LogP contribution in [0.15, 0.2) is 60.8 Å². The molecule has 28 heavy (non-hydrogen) atoms. The van der Waals surface area contributed by atoms with Crippen LogP contribution in [0, 0.1) is 11.3 Å². The molecule has 0 atom stereocenters. The second-order valence-corrected chi connectivity index (χ2v) is 5.61. The van der Waals surface area contributed by atoms with E-state index in [4.69, 9.17) is 5.26 Å². The maximum atomic E-state index is 12.6. The van der Waals surface area contributed by atoms with Crippen LogP contribution < -0.4 is 10.6 Å². The fourth-order valence-corrected chi connectivity index (χ4v) is 2.28. The third kappa shape index (κ3) is 4.62. The van der Waals surface area contributed by atoms with Crippen LogP contribution in [-0.4, -0.2) is 15.9 Å². The number of amides is 1. The van der Waals surface area contributed by atoms with Gasteiger partial charge in [0.05, 0.1) is 17.2 Å². The first-order chi connectivity index (χ1) is 13.3. The van der Waals surface area contributed by atoms with Crippen molar-refractivity contribution < 1.29 is 18.0 Å². The minimum Gasteiger partial charge on any atom is -0.324 e. The summed E-state index contributed by atoms with van der Waals surface area (Å²) in [6.45, 7) is 0. The second-order valence-electron chi connectivity index (χ2n) is 5.61. The van der Waals surface area contributed by atoms with E-state index in [-0.39, 0.29) is 11.6 Å². The highest BCUT2D eigenvalue weighted by atomic mass is 19.4. The minimum absolute atomic E-state index is 0.0479. The molecule has 9 heteroatoms. The van der Waals surface area contributed by atoms with E-state index >= 15 is 0 Å². The summed E-state index contributed by atoms with van der Waals surface area (Å²) in [5.74, 6) is -0.467. The summed E-state index contributed by atoms with van der Waals surface area (Å²) < 4.78 is 37.8. The van der Waals surface area contributed by atoms with E-state index in [1.54, 1.807) is 18.2 Å². The summed E-state index contributed by atoms with van der Waals surface area (Å²) >= 11 is 0. The molecular weight excluding hydrogens is 371 g/mol. The second kappa shape index (κ2) is 7.75. The number of aromatic nitrogens is 2. The first-order valence-electron chi connectivity index (χ1n) is 7.94. The molecule has 0 aliphatic carbocycles. The van der Waals surface area contributed by atoms with Crippen molar-refractivity contribution in [2.75, 3.05) is 10.6 Å². The van der Waals surface area contributed by atoms with Gasteiger partial charge in [-0.25, -0.2) is 9.97 Å². The Bertz CT molecular complexity index is 1040. The van der Waals surface area contributed by atoms with Gasteiger partial charge in [0, 0.05) is 17.6 Å². The van der Waals surface area contributed by atoms with Crippen molar-refractivity contribution in [2.45, 2.75) is 6.18 Å². The van der Waals surface area contributed by atoms with E-state index < -0.39 is 17.6 Å². The highest BCUT2D eigenvalue weighted by Crippen LogP contribution is 2.30. The number of carbonyl (C=O) groups is 1. The topological polar surface area (TPSA) is 90.7 Å². The Hall–Kier alpha value is -3.93. The summed E-state index contributed by atoms with van der Waals surface area (Å²) in [5.41, 5.74) is 0.441. The molecule has 3 aromatic rings. The summed E-state index contributed by atoms with van der Waals surface area (Å²) in [5, 5.41) is 14.3. The van der Waals surface area contributed by atoms with Gasteiger partial charge in [-0.3, -0.25) is 4.79 Å². The number of nitriles is 1. The Labute approximate surface area is 157 Å². The largest absolute Gasteiger partial charge is 0.416 e. The molecule has 0 unspecified atom stereocenters. The molecule has 2 aromatic carbocycles. The van der Waals surface area contributed by atoms with E-state index in [1.165, 1.54) is 30.5 Å². The monoisotopic (exact) mass is 383 g/mol. The van der Waals surface area contributed by atoms with Gasteiger partial charge in [0.1, 0.15) is 5.69 Å². The average molecular weight is 383 g/mol. The minimum atomic E-state index is -4.42. The van der Waals surface area contributed by atoms with Gasteiger partial charge in [-0.1, -0.05) is 6.07 Å². The molecule has 1 aromatic heterocycles. The lowest BCUT2D eigenvalue weighted by Gasteiger charge is -2.09. The number of halogens is 3. The predicted molar refractivity (Wildman–Crippen MR) is 95.9 cm³/mol. The SMILES string of the molecule is N#Cc1cccc(NC(=O)c2ccnc(Nc3ccc(C(F)(F)F)cc3)n2)c1. The summed E-state index contributed by atoms with van der Waals surface area (Å²) in [6, 6.07) is 14.1. The zero-order chi connectivity index (χ0) is 20.1. The molecule has 1 amide bonds. The van der Waals surface area contributed by atoms with Crippen LogP contribution in [0.5, 0.6) is 0 Å². The fourth-order valence-electron chi connectivity index (χ4n) is 2.28. The van der Waals surface area contributed by atoms with Gasteiger partial charge in [0.15, 0.2) is 0 Å². The molecule has 2 N–H and O–H groups in total. The lowest BCUT2D eigenvalue weighted by Crippen LogP contribution is -2.14. The van der Waals surface area contributed by atoms with Crippen molar-refractivity contribution in [2.24, 2.45) is 0 Å². The van der Waals surface area contributed by atoms with Gasteiger partial charge in [0.25, 0.3) is 5.91 Å². The molecule has 140 valence electrons. The number of nitrogens with zero attached hydrogens (tertiary/aromatic N) is 3. The Morgan fingerprint density at radius 2 is 1.79 bits per heavy atom. The van der Waals surface area contributed by atoms with E-state index in [0.29, 0.717) is 16.9 Å². The Morgan fingerprint density at radius 3 is 2.46 bits per heavy atom. The van der Waals surface area contributed by atoms with Gasteiger partial charge >= 0.3 is 6.18 Å². The van der Waals surface area contributed by atoms with Crippen molar-refractivity contribution in [1.29, 1.82) is 5.26 Å². The summed E-state index contributed by atoms with van der Waals surface area (Å²) in [6.07, 6.45) is -3.07. The number of carbonyl (C=O) groups excluding carboxylic acids is 1. The maximum Gasteiger partial charge on any atom is 0.416 e. The molecule has 0 saturated carbocycles. The molecule has 0 saturated heterocycles. The first-order valence-corrected chi connectivity index (χ1v) is 7.94. The number of benzene rings is 2. The molecule has 0 aliphatic heterocycles. The van der Waals surface area contributed by atoms with Gasteiger partial charge in [-0.05, 0) is 48.5 Å². The summed E-state index contributed by atoms with van der Waals surface area (Å²) in [4.78, 5) is 20.3. The number of anilines is 3. The lowest BCUT2D eigenvalue weighted by atomic mass is 10.2. The molecule has 1 heterocycles. The van der Waals surface area contributed by atoms with Gasteiger partial charge in [0.2, 0.25) is 5.95 Å². The van der Waals surface area contributed by atoms with Crippen LogP contribution in [0.25, 0.3) is 0 Å². The molecule has 0 fully saturated rings. The van der Waals surface area contributed by atoms with Crippen molar-refractivity contribution in [1.82, 2.24) is 9.97 Å². The van der Waals surface area contributed by atoms with Crippen molar-refractivity contribution in [3.05, 3.63) is 77.6 Å². The molecule has 0 aliphatic rings. The Morgan fingerprint density at radius 1 is 1.04 bits per heavy atom. The molecule has 0 radical (unpaired) electrons. The normalized spacial score (nSPS) is 10.8. The van der Waals surface area contributed by atoms with Gasteiger partial charge < -0.3 is 10.6 Å². The maximum absolute atomic E-state index is 12.6. The predicted octanol–water partition coefficient (Wildman–Crippen LogP) is 4.36.